The Kier molecular flexibility index (Phi) is 5.80. The van der Waals surface area contributed by atoms with E-state index in [1.54, 1.807) is 26.0 Å². The lowest BCUT2D eigenvalue weighted by molar-refractivity contribution is -0.130. The smallest absolute Gasteiger partial charge is 0.226 e. The van der Waals surface area contributed by atoms with Crippen LogP contribution in [0.5, 0.6) is 5.75 Å². The molecule has 2 heterocycles. The lowest BCUT2D eigenvalue weighted by Gasteiger charge is -2.14. The van der Waals surface area contributed by atoms with Gasteiger partial charge in [-0.1, -0.05) is 22.4 Å². The minimum Gasteiger partial charge on any atom is -0.497 e. The highest BCUT2D eigenvalue weighted by atomic mass is 16.5. The number of carbonyl (C=O) groups is 1. The van der Waals surface area contributed by atoms with Crippen LogP contribution in [0.3, 0.4) is 0 Å². The van der Waals surface area contributed by atoms with Crippen LogP contribution in [0.15, 0.2) is 33.3 Å². The molecule has 0 spiro atoms. The van der Waals surface area contributed by atoms with Crippen LogP contribution in [-0.4, -0.2) is 45.2 Å². The Morgan fingerprint density at radius 1 is 1.22 bits per heavy atom. The molecule has 0 aliphatic rings. The quantitative estimate of drug-likeness (QED) is 0.594. The second-order valence-corrected chi connectivity index (χ2v) is 6.08. The Labute approximate surface area is 156 Å². The summed E-state index contributed by atoms with van der Waals surface area (Å²) in [6.07, 6.45) is 1.50. The van der Waals surface area contributed by atoms with Gasteiger partial charge in [-0.3, -0.25) is 4.79 Å². The van der Waals surface area contributed by atoms with E-state index in [0.717, 1.165) is 11.3 Å². The molecule has 142 valence electrons. The molecule has 0 saturated carbocycles. The number of rotatable bonds is 8. The summed E-state index contributed by atoms with van der Waals surface area (Å²) in [4.78, 5) is 22.2. The summed E-state index contributed by atoms with van der Waals surface area (Å²) in [6.45, 7) is 2.03. The molecule has 1 amide bonds. The average Bonchev–Trinajstić information content (AvgIpc) is 3.30. The number of ether oxygens (including phenoxy) is 1. The fourth-order valence-corrected chi connectivity index (χ4v) is 2.52. The molecule has 9 heteroatoms. The third kappa shape index (κ3) is 4.90. The molecule has 0 radical (unpaired) electrons. The molecule has 3 aromatic rings. The third-order valence-electron chi connectivity index (χ3n) is 3.95. The Hall–Kier alpha value is -3.23. The molecule has 2 aromatic heterocycles. The van der Waals surface area contributed by atoms with Crippen LogP contribution in [0.2, 0.25) is 0 Å². The van der Waals surface area contributed by atoms with Gasteiger partial charge < -0.3 is 18.7 Å². The predicted octanol–water partition coefficient (Wildman–Crippen LogP) is 2.42. The van der Waals surface area contributed by atoms with Gasteiger partial charge in [-0.15, -0.1) is 0 Å². The van der Waals surface area contributed by atoms with Gasteiger partial charge in [0.25, 0.3) is 0 Å². The highest BCUT2D eigenvalue weighted by Gasteiger charge is 2.14. The Bertz CT molecular complexity index is 905. The van der Waals surface area contributed by atoms with E-state index < -0.39 is 0 Å². The van der Waals surface area contributed by atoms with Crippen molar-refractivity contribution in [3.05, 3.63) is 41.9 Å². The Balaban J connectivity index is 1.49. The second-order valence-electron chi connectivity index (χ2n) is 6.08. The van der Waals surface area contributed by atoms with Gasteiger partial charge in [0, 0.05) is 32.4 Å². The van der Waals surface area contributed by atoms with Crippen molar-refractivity contribution in [3.8, 4) is 17.1 Å². The predicted molar refractivity (Wildman–Crippen MR) is 94.7 cm³/mol. The van der Waals surface area contributed by atoms with Crippen LogP contribution in [0, 0.1) is 6.92 Å². The lowest BCUT2D eigenvalue weighted by Crippen LogP contribution is -2.26. The zero-order chi connectivity index (χ0) is 19.2. The molecule has 0 fully saturated rings. The summed E-state index contributed by atoms with van der Waals surface area (Å²) in [7, 11) is 3.32. The largest absolute Gasteiger partial charge is 0.497 e. The molecular formula is C18H21N5O4. The van der Waals surface area contributed by atoms with Gasteiger partial charge in [0.05, 0.1) is 13.7 Å². The average molecular weight is 371 g/mol. The lowest BCUT2D eigenvalue weighted by atomic mass is 10.2. The maximum atomic E-state index is 12.2. The van der Waals surface area contributed by atoms with Crippen LogP contribution < -0.4 is 4.74 Å². The number of aryl methyl sites for hydroxylation is 2. The maximum absolute atomic E-state index is 12.2. The summed E-state index contributed by atoms with van der Waals surface area (Å²) in [6, 6.07) is 7.44. The van der Waals surface area contributed by atoms with Gasteiger partial charge in [0.15, 0.2) is 5.82 Å². The normalized spacial score (nSPS) is 10.8. The van der Waals surface area contributed by atoms with E-state index in [-0.39, 0.29) is 5.91 Å². The van der Waals surface area contributed by atoms with Gasteiger partial charge in [0.2, 0.25) is 23.5 Å². The molecular weight excluding hydrogens is 350 g/mol. The first kappa shape index (κ1) is 18.6. The van der Waals surface area contributed by atoms with Crippen LogP contribution >= 0.6 is 0 Å². The van der Waals surface area contributed by atoms with Crippen molar-refractivity contribution in [1.82, 2.24) is 25.2 Å². The first-order valence-corrected chi connectivity index (χ1v) is 8.55. The summed E-state index contributed by atoms with van der Waals surface area (Å²) in [5, 5.41) is 7.78. The minimum atomic E-state index is -0.00927. The van der Waals surface area contributed by atoms with Crippen LogP contribution in [0.1, 0.15) is 30.4 Å². The number of carbonyl (C=O) groups excluding carboxylic acids is 1. The van der Waals surface area contributed by atoms with Crippen LogP contribution in [0.25, 0.3) is 11.4 Å². The summed E-state index contributed by atoms with van der Waals surface area (Å²) in [5.74, 6) is 2.68. The standard InChI is InChI=1S/C18H21N5O4/c1-12-19-15(21-26-12)11-23(2)17(24)9-5-8-16-20-18(22-27-16)13-6-4-7-14(10-13)25-3/h4,6-7,10H,5,8-9,11H2,1-3H3. The van der Waals surface area contributed by atoms with Gasteiger partial charge >= 0.3 is 0 Å². The van der Waals surface area contributed by atoms with Gasteiger partial charge in [-0.2, -0.15) is 9.97 Å². The molecule has 3 rings (SSSR count). The van der Waals surface area contributed by atoms with Crippen molar-refractivity contribution >= 4 is 5.91 Å². The third-order valence-corrected chi connectivity index (χ3v) is 3.95. The molecule has 0 aliphatic carbocycles. The van der Waals surface area contributed by atoms with Crippen molar-refractivity contribution in [2.75, 3.05) is 14.2 Å². The fourth-order valence-electron chi connectivity index (χ4n) is 2.52. The summed E-state index contributed by atoms with van der Waals surface area (Å²) < 4.78 is 15.4. The van der Waals surface area contributed by atoms with Crippen molar-refractivity contribution in [2.24, 2.45) is 0 Å². The number of aromatic nitrogens is 4. The monoisotopic (exact) mass is 371 g/mol. The number of hydrogen-bond donors (Lipinski definition) is 0. The molecule has 27 heavy (non-hydrogen) atoms. The first-order valence-electron chi connectivity index (χ1n) is 8.55. The SMILES string of the molecule is COc1cccc(-c2noc(CCCC(=O)N(C)Cc3noc(C)n3)n2)c1. The van der Waals surface area contributed by atoms with Crippen LogP contribution in [-0.2, 0) is 17.8 Å². The van der Waals surface area contributed by atoms with E-state index in [1.165, 1.54) is 0 Å². The minimum absolute atomic E-state index is 0.00927. The molecule has 0 saturated heterocycles. The van der Waals surface area contributed by atoms with E-state index in [1.807, 2.05) is 24.3 Å². The van der Waals surface area contributed by atoms with Crippen molar-refractivity contribution in [3.63, 3.8) is 0 Å². The molecule has 0 unspecified atom stereocenters. The van der Waals surface area contributed by atoms with Crippen molar-refractivity contribution < 1.29 is 18.6 Å². The molecule has 1 aromatic carbocycles. The van der Waals surface area contributed by atoms with E-state index in [0.29, 0.717) is 49.2 Å². The zero-order valence-electron chi connectivity index (χ0n) is 15.5. The van der Waals surface area contributed by atoms with E-state index in [2.05, 4.69) is 20.3 Å². The van der Waals surface area contributed by atoms with Gasteiger partial charge in [0.1, 0.15) is 5.75 Å². The molecule has 9 nitrogen and oxygen atoms in total. The number of hydrogen-bond acceptors (Lipinski definition) is 8. The van der Waals surface area contributed by atoms with E-state index in [9.17, 15) is 4.79 Å². The number of nitrogens with zero attached hydrogens (tertiary/aromatic N) is 5. The van der Waals surface area contributed by atoms with E-state index in [4.69, 9.17) is 13.8 Å². The van der Waals surface area contributed by atoms with Crippen LogP contribution in [0.4, 0.5) is 0 Å². The fraction of sp³-hybridized carbons (Fsp3) is 0.389. The molecule has 0 N–H and O–H groups in total. The zero-order valence-corrected chi connectivity index (χ0v) is 15.5. The second kappa shape index (κ2) is 8.43. The Morgan fingerprint density at radius 2 is 2.07 bits per heavy atom. The van der Waals surface area contributed by atoms with Gasteiger partial charge in [-0.05, 0) is 18.6 Å². The van der Waals surface area contributed by atoms with Gasteiger partial charge in [-0.25, -0.2) is 0 Å². The Morgan fingerprint density at radius 3 is 2.81 bits per heavy atom. The van der Waals surface area contributed by atoms with E-state index >= 15 is 0 Å². The number of amides is 1. The number of benzene rings is 1. The highest BCUT2D eigenvalue weighted by Crippen LogP contribution is 2.21. The maximum Gasteiger partial charge on any atom is 0.226 e. The molecule has 0 aliphatic heterocycles. The van der Waals surface area contributed by atoms with Crippen molar-refractivity contribution in [1.29, 1.82) is 0 Å². The molecule has 0 bridgehead atoms. The first-order chi connectivity index (χ1) is 13.0. The highest BCUT2D eigenvalue weighted by molar-refractivity contribution is 5.75. The molecule has 0 atom stereocenters. The summed E-state index contributed by atoms with van der Waals surface area (Å²) in [5.41, 5.74) is 0.815. The summed E-state index contributed by atoms with van der Waals surface area (Å²) >= 11 is 0. The van der Waals surface area contributed by atoms with Crippen molar-refractivity contribution in [2.45, 2.75) is 32.7 Å². The number of methoxy groups -OCH3 is 1. The topological polar surface area (TPSA) is 107 Å².